The summed E-state index contributed by atoms with van der Waals surface area (Å²) in [5.74, 6) is 0.528. The predicted molar refractivity (Wildman–Crippen MR) is 56.4 cm³/mol. The summed E-state index contributed by atoms with van der Waals surface area (Å²) in [6, 6.07) is 5.67. The van der Waals surface area contributed by atoms with Crippen LogP contribution in [0.3, 0.4) is 0 Å². The first-order valence-electron chi connectivity index (χ1n) is 4.76. The minimum absolute atomic E-state index is 0.528. The number of hydrogen-bond acceptors (Lipinski definition) is 4. The van der Waals surface area contributed by atoms with Gasteiger partial charge >= 0.3 is 0 Å². The van der Waals surface area contributed by atoms with Gasteiger partial charge < -0.3 is 4.74 Å². The van der Waals surface area contributed by atoms with Gasteiger partial charge in [0.1, 0.15) is 5.69 Å². The molecule has 4 nitrogen and oxygen atoms in total. The molecule has 0 bridgehead atoms. The van der Waals surface area contributed by atoms with Crippen molar-refractivity contribution in [3.8, 4) is 17.3 Å². The van der Waals surface area contributed by atoms with Gasteiger partial charge in [0.2, 0.25) is 5.88 Å². The average molecular weight is 201 g/mol. The van der Waals surface area contributed by atoms with Crippen molar-refractivity contribution in [1.29, 1.82) is 0 Å². The maximum Gasteiger partial charge on any atom is 0.232 e. The van der Waals surface area contributed by atoms with Crippen LogP contribution in [0.25, 0.3) is 11.4 Å². The van der Waals surface area contributed by atoms with Crippen LogP contribution in [0.4, 0.5) is 0 Å². The van der Waals surface area contributed by atoms with Crippen LogP contribution in [0.2, 0.25) is 0 Å². The molecular formula is C11H11N3O. The van der Waals surface area contributed by atoms with Crippen LogP contribution >= 0.6 is 0 Å². The molecule has 0 aliphatic carbocycles. The summed E-state index contributed by atoms with van der Waals surface area (Å²) in [5, 5.41) is 0. The second kappa shape index (κ2) is 4.50. The second-order valence-corrected chi connectivity index (χ2v) is 2.89. The van der Waals surface area contributed by atoms with Crippen molar-refractivity contribution in [3.63, 3.8) is 0 Å². The number of ether oxygens (including phenoxy) is 1. The SMILES string of the molecule is CCOc1cncc(-c2ccccn2)n1. The van der Waals surface area contributed by atoms with Crippen molar-refractivity contribution in [3.05, 3.63) is 36.8 Å². The summed E-state index contributed by atoms with van der Waals surface area (Å²) in [6.45, 7) is 2.50. The Bertz CT molecular complexity index is 431. The van der Waals surface area contributed by atoms with Crippen molar-refractivity contribution in [1.82, 2.24) is 15.0 Å². The fourth-order valence-corrected chi connectivity index (χ4v) is 1.20. The van der Waals surface area contributed by atoms with E-state index in [2.05, 4.69) is 15.0 Å². The predicted octanol–water partition coefficient (Wildman–Crippen LogP) is 1.94. The number of aromatic nitrogens is 3. The molecule has 0 saturated heterocycles. The number of nitrogens with zero attached hydrogens (tertiary/aromatic N) is 3. The highest BCUT2D eigenvalue weighted by Crippen LogP contribution is 2.15. The van der Waals surface area contributed by atoms with Crippen molar-refractivity contribution >= 4 is 0 Å². The lowest BCUT2D eigenvalue weighted by molar-refractivity contribution is 0.325. The minimum Gasteiger partial charge on any atom is -0.477 e. The number of hydrogen-bond donors (Lipinski definition) is 0. The van der Waals surface area contributed by atoms with E-state index in [1.54, 1.807) is 18.6 Å². The molecule has 15 heavy (non-hydrogen) atoms. The van der Waals surface area contributed by atoms with Gasteiger partial charge in [0.05, 0.1) is 24.7 Å². The topological polar surface area (TPSA) is 47.9 Å². The third-order valence-electron chi connectivity index (χ3n) is 1.83. The van der Waals surface area contributed by atoms with Crippen molar-refractivity contribution in [2.75, 3.05) is 6.61 Å². The first-order valence-corrected chi connectivity index (χ1v) is 4.76. The molecular weight excluding hydrogens is 190 g/mol. The van der Waals surface area contributed by atoms with Gasteiger partial charge in [-0.05, 0) is 19.1 Å². The van der Waals surface area contributed by atoms with E-state index in [1.807, 2.05) is 25.1 Å². The standard InChI is InChI=1S/C11H11N3O/c1-2-15-11-8-12-7-10(14-11)9-5-3-4-6-13-9/h3-8H,2H2,1H3. The quantitative estimate of drug-likeness (QED) is 0.761. The molecule has 4 heteroatoms. The molecule has 0 fully saturated rings. The molecule has 0 aliphatic rings. The van der Waals surface area contributed by atoms with Gasteiger partial charge in [-0.1, -0.05) is 6.07 Å². The lowest BCUT2D eigenvalue weighted by Crippen LogP contribution is -1.96. The Morgan fingerprint density at radius 1 is 1.20 bits per heavy atom. The maximum absolute atomic E-state index is 5.27. The van der Waals surface area contributed by atoms with E-state index in [9.17, 15) is 0 Å². The largest absolute Gasteiger partial charge is 0.477 e. The van der Waals surface area contributed by atoms with Crippen LogP contribution in [0.5, 0.6) is 5.88 Å². The number of pyridine rings is 1. The summed E-state index contributed by atoms with van der Waals surface area (Å²) in [7, 11) is 0. The van der Waals surface area contributed by atoms with Crippen LogP contribution in [-0.4, -0.2) is 21.6 Å². The van der Waals surface area contributed by atoms with Crippen LogP contribution in [-0.2, 0) is 0 Å². The van der Waals surface area contributed by atoms with E-state index in [1.165, 1.54) is 0 Å². The molecule has 76 valence electrons. The van der Waals surface area contributed by atoms with E-state index < -0.39 is 0 Å². The summed E-state index contributed by atoms with van der Waals surface area (Å²) < 4.78 is 5.27. The molecule has 0 radical (unpaired) electrons. The summed E-state index contributed by atoms with van der Waals surface area (Å²) in [6.07, 6.45) is 4.99. The molecule has 0 unspecified atom stereocenters. The van der Waals surface area contributed by atoms with Gasteiger partial charge in [0, 0.05) is 6.20 Å². The second-order valence-electron chi connectivity index (χ2n) is 2.89. The van der Waals surface area contributed by atoms with Gasteiger partial charge in [0.15, 0.2) is 0 Å². The normalized spacial score (nSPS) is 9.93. The third-order valence-corrected chi connectivity index (χ3v) is 1.83. The monoisotopic (exact) mass is 201 g/mol. The molecule has 0 aliphatic heterocycles. The Hall–Kier alpha value is -1.97. The Balaban J connectivity index is 2.33. The third kappa shape index (κ3) is 2.28. The molecule has 0 atom stereocenters. The Morgan fingerprint density at radius 3 is 2.87 bits per heavy atom. The van der Waals surface area contributed by atoms with E-state index >= 15 is 0 Å². The van der Waals surface area contributed by atoms with Crippen LogP contribution in [0.15, 0.2) is 36.8 Å². The zero-order chi connectivity index (χ0) is 10.5. The van der Waals surface area contributed by atoms with Gasteiger partial charge in [-0.2, -0.15) is 0 Å². The van der Waals surface area contributed by atoms with Crippen molar-refractivity contribution < 1.29 is 4.74 Å². The zero-order valence-corrected chi connectivity index (χ0v) is 8.42. The lowest BCUT2D eigenvalue weighted by atomic mass is 10.3. The van der Waals surface area contributed by atoms with E-state index in [0.717, 1.165) is 11.4 Å². The summed E-state index contributed by atoms with van der Waals surface area (Å²) in [5.41, 5.74) is 1.52. The lowest BCUT2D eigenvalue weighted by Gasteiger charge is -2.03. The first-order chi connectivity index (χ1) is 7.40. The minimum atomic E-state index is 0.528. The molecule has 0 N–H and O–H groups in total. The van der Waals surface area contributed by atoms with Gasteiger partial charge in [0.25, 0.3) is 0 Å². The average Bonchev–Trinajstić information content (AvgIpc) is 2.31. The highest BCUT2D eigenvalue weighted by atomic mass is 16.5. The Kier molecular flexibility index (Phi) is 2.88. The molecule has 0 amide bonds. The van der Waals surface area contributed by atoms with Gasteiger partial charge in [-0.25, -0.2) is 4.98 Å². The first kappa shape index (κ1) is 9.58. The number of rotatable bonds is 3. The van der Waals surface area contributed by atoms with Crippen LogP contribution in [0, 0.1) is 0 Å². The molecule has 2 rings (SSSR count). The highest BCUT2D eigenvalue weighted by Gasteiger charge is 2.02. The van der Waals surface area contributed by atoms with E-state index in [-0.39, 0.29) is 0 Å². The van der Waals surface area contributed by atoms with Crippen molar-refractivity contribution in [2.45, 2.75) is 6.92 Å². The maximum atomic E-state index is 5.27. The Morgan fingerprint density at radius 2 is 2.13 bits per heavy atom. The fourth-order valence-electron chi connectivity index (χ4n) is 1.20. The Labute approximate surface area is 88.0 Å². The highest BCUT2D eigenvalue weighted by molar-refractivity contribution is 5.52. The summed E-state index contributed by atoms with van der Waals surface area (Å²) in [4.78, 5) is 12.5. The molecule has 2 heterocycles. The molecule has 0 spiro atoms. The van der Waals surface area contributed by atoms with Gasteiger partial charge in [-0.15, -0.1) is 0 Å². The zero-order valence-electron chi connectivity index (χ0n) is 8.42. The fraction of sp³-hybridized carbons (Fsp3) is 0.182. The van der Waals surface area contributed by atoms with Crippen LogP contribution in [0.1, 0.15) is 6.92 Å². The van der Waals surface area contributed by atoms with Gasteiger partial charge in [-0.3, -0.25) is 9.97 Å². The molecule has 0 aromatic carbocycles. The van der Waals surface area contributed by atoms with E-state index in [4.69, 9.17) is 4.74 Å². The van der Waals surface area contributed by atoms with Crippen molar-refractivity contribution in [2.24, 2.45) is 0 Å². The summed E-state index contributed by atoms with van der Waals surface area (Å²) >= 11 is 0. The molecule has 2 aromatic rings. The van der Waals surface area contributed by atoms with E-state index in [0.29, 0.717) is 12.5 Å². The van der Waals surface area contributed by atoms with Crippen LogP contribution < -0.4 is 4.74 Å². The molecule has 0 saturated carbocycles. The smallest absolute Gasteiger partial charge is 0.232 e. The molecule has 2 aromatic heterocycles.